The SMILES string of the molecule is COc1cccc(C(=O)CCN)c1N.Cl. The van der Waals surface area contributed by atoms with E-state index in [-0.39, 0.29) is 18.2 Å². The summed E-state index contributed by atoms with van der Waals surface area (Å²) in [5.41, 5.74) is 11.9. The molecule has 5 heteroatoms. The number of hydrogen-bond acceptors (Lipinski definition) is 4. The average molecular weight is 231 g/mol. The van der Waals surface area contributed by atoms with Crippen molar-refractivity contribution >= 4 is 23.9 Å². The van der Waals surface area contributed by atoms with E-state index >= 15 is 0 Å². The van der Waals surface area contributed by atoms with Crippen molar-refractivity contribution in [1.82, 2.24) is 0 Å². The summed E-state index contributed by atoms with van der Waals surface area (Å²) >= 11 is 0. The van der Waals surface area contributed by atoms with Gasteiger partial charge in [0.2, 0.25) is 0 Å². The molecular weight excluding hydrogens is 216 g/mol. The Balaban J connectivity index is 0.00000196. The summed E-state index contributed by atoms with van der Waals surface area (Å²) < 4.78 is 5.01. The number of nitrogen functional groups attached to an aromatic ring is 1. The van der Waals surface area contributed by atoms with Gasteiger partial charge < -0.3 is 16.2 Å². The molecule has 0 radical (unpaired) electrons. The molecule has 0 unspecified atom stereocenters. The van der Waals surface area contributed by atoms with E-state index in [1.165, 1.54) is 7.11 Å². The highest BCUT2D eigenvalue weighted by Crippen LogP contribution is 2.25. The van der Waals surface area contributed by atoms with E-state index in [1.807, 2.05) is 0 Å². The van der Waals surface area contributed by atoms with E-state index in [4.69, 9.17) is 16.2 Å². The van der Waals surface area contributed by atoms with E-state index in [2.05, 4.69) is 0 Å². The average Bonchev–Trinajstić information content (AvgIpc) is 2.18. The van der Waals surface area contributed by atoms with Gasteiger partial charge in [0, 0.05) is 12.0 Å². The molecule has 0 aliphatic rings. The van der Waals surface area contributed by atoms with E-state index in [0.29, 0.717) is 30.0 Å². The molecule has 0 saturated heterocycles. The highest BCUT2D eigenvalue weighted by atomic mass is 35.5. The summed E-state index contributed by atoms with van der Waals surface area (Å²) in [6.45, 7) is 0.329. The maximum absolute atomic E-state index is 11.5. The summed E-state index contributed by atoms with van der Waals surface area (Å²) in [4.78, 5) is 11.5. The highest BCUT2D eigenvalue weighted by Gasteiger charge is 2.11. The number of halogens is 1. The molecule has 1 rings (SSSR count). The van der Waals surface area contributed by atoms with Crippen LogP contribution in [-0.2, 0) is 0 Å². The Morgan fingerprint density at radius 1 is 1.47 bits per heavy atom. The van der Waals surface area contributed by atoms with Crippen molar-refractivity contribution in [2.75, 3.05) is 19.4 Å². The minimum Gasteiger partial charge on any atom is -0.495 e. The molecule has 4 N–H and O–H groups in total. The first-order valence-electron chi connectivity index (χ1n) is 4.36. The van der Waals surface area contributed by atoms with Crippen molar-refractivity contribution < 1.29 is 9.53 Å². The second-order valence-corrected chi connectivity index (χ2v) is 2.88. The highest BCUT2D eigenvalue weighted by molar-refractivity contribution is 6.01. The molecule has 0 bridgehead atoms. The Labute approximate surface area is 95.0 Å². The first-order valence-corrected chi connectivity index (χ1v) is 4.36. The van der Waals surface area contributed by atoms with Crippen LogP contribution in [0, 0.1) is 0 Å². The number of nitrogens with two attached hydrogens (primary N) is 2. The normalized spacial score (nSPS) is 9.20. The van der Waals surface area contributed by atoms with Gasteiger partial charge in [-0.1, -0.05) is 6.07 Å². The topological polar surface area (TPSA) is 78.3 Å². The fourth-order valence-electron chi connectivity index (χ4n) is 1.23. The molecule has 0 aliphatic heterocycles. The smallest absolute Gasteiger partial charge is 0.166 e. The summed E-state index contributed by atoms with van der Waals surface area (Å²) in [7, 11) is 1.52. The van der Waals surface area contributed by atoms with E-state index in [1.54, 1.807) is 18.2 Å². The summed E-state index contributed by atoms with van der Waals surface area (Å²) in [6, 6.07) is 5.13. The fraction of sp³-hybridized carbons (Fsp3) is 0.300. The van der Waals surface area contributed by atoms with Crippen molar-refractivity contribution in [3.05, 3.63) is 23.8 Å². The molecule has 15 heavy (non-hydrogen) atoms. The molecular formula is C10H15ClN2O2. The summed E-state index contributed by atoms with van der Waals surface area (Å²) in [5.74, 6) is 0.469. The van der Waals surface area contributed by atoms with Gasteiger partial charge in [-0.05, 0) is 18.7 Å². The van der Waals surface area contributed by atoms with Crippen molar-refractivity contribution in [2.24, 2.45) is 5.73 Å². The molecule has 0 heterocycles. The van der Waals surface area contributed by atoms with Gasteiger partial charge in [0.15, 0.2) is 5.78 Å². The van der Waals surface area contributed by atoms with Gasteiger partial charge in [0.1, 0.15) is 5.75 Å². The molecule has 0 spiro atoms. The van der Waals surface area contributed by atoms with Gasteiger partial charge in [-0.15, -0.1) is 12.4 Å². The lowest BCUT2D eigenvalue weighted by Crippen LogP contribution is -2.10. The quantitative estimate of drug-likeness (QED) is 0.603. The maximum atomic E-state index is 11.5. The zero-order chi connectivity index (χ0) is 10.6. The zero-order valence-electron chi connectivity index (χ0n) is 8.53. The predicted molar refractivity (Wildman–Crippen MR) is 62.7 cm³/mol. The predicted octanol–water partition coefficient (Wildman–Crippen LogP) is 1.23. The van der Waals surface area contributed by atoms with Crippen LogP contribution in [0.1, 0.15) is 16.8 Å². The molecule has 0 amide bonds. The molecule has 1 aromatic carbocycles. The van der Waals surface area contributed by atoms with Crippen LogP contribution in [0.15, 0.2) is 18.2 Å². The van der Waals surface area contributed by atoms with Gasteiger partial charge in [-0.3, -0.25) is 4.79 Å². The number of hydrogen-bond donors (Lipinski definition) is 2. The Kier molecular flexibility index (Phi) is 5.74. The molecule has 0 fully saturated rings. The van der Waals surface area contributed by atoms with Crippen LogP contribution in [0.5, 0.6) is 5.75 Å². The summed E-state index contributed by atoms with van der Waals surface area (Å²) in [5, 5.41) is 0. The number of benzene rings is 1. The van der Waals surface area contributed by atoms with Gasteiger partial charge in [-0.25, -0.2) is 0 Å². The minimum absolute atomic E-state index is 0. The number of ketones is 1. The lowest BCUT2D eigenvalue weighted by atomic mass is 10.1. The number of carbonyl (C=O) groups is 1. The number of anilines is 1. The van der Waals surface area contributed by atoms with Crippen molar-refractivity contribution in [1.29, 1.82) is 0 Å². The Morgan fingerprint density at radius 3 is 2.67 bits per heavy atom. The Hall–Kier alpha value is -1.26. The summed E-state index contributed by atoms with van der Waals surface area (Å²) in [6.07, 6.45) is 0.303. The van der Waals surface area contributed by atoms with Crippen molar-refractivity contribution in [2.45, 2.75) is 6.42 Å². The fourth-order valence-corrected chi connectivity index (χ4v) is 1.23. The zero-order valence-corrected chi connectivity index (χ0v) is 9.34. The van der Waals surface area contributed by atoms with Crippen LogP contribution in [-0.4, -0.2) is 19.4 Å². The molecule has 84 valence electrons. The maximum Gasteiger partial charge on any atom is 0.166 e. The van der Waals surface area contributed by atoms with E-state index < -0.39 is 0 Å². The lowest BCUT2D eigenvalue weighted by molar-refractivity contribution is 0.0986. The molecule has 4 nitrogen and oxygen atoms in total. The van der Waals surface area contributed by atoms with Crippen molar-refractivity contribution in [3.63, 3.8) is 0 Å². The molecule has 0 saturated carbocycles. The lowest BCUT2D eigenvalue weighted by Gasteiger charge is -2.08. The van der Waals surface area contributed by atoms with E-state index in [0.717, 1.165) is 0 Å². The van der Waals surface area contributed by atoms with Crippen LogP contribution in [0.4, 0.5) is 5.69 Å². The molecule has 0 aromatic heterocycles. The number of carbonyl (C=O) groups excluding carboxylic acids is 1. The molecule has 0 atom stereocenters. The number of Topliss-reactive ketones (excluding diaryl/α,β-unsaturated/α-hetero) is 1. The van der Waals surface area contributed by atoms with Gasteiger partial charge in [-0.2, -0.15) is 0 Å². The van der Waals surface area contributed by atoms with Crippen LogP contribution in [0.2, 0.25) is 0 Å². The standard InChI is InChI=1S/C10H14N2O2.ClH/c1-14-9-4-2-3-7(10(9)12)8(13)5-6-11;/h2-4H,5-6,11-12H2,1H3;1H. The second-order valence-electron chi connectivity index (χ2n) is 2.88. The number of methoxy groups -OCH3 is 1. The van der Waals surface area contributed by atoms with Crippen LogP contribution >= 0.6 is 12.4 Å². The van der Waals surface area contributed by atoms with Crippen LogP contribution in [0.3, 0.4) is 0 Å². The van der Waals surface area contributed by atoms with Crippen LogP contribution in [0.25, 0.3) is 0 Å². The number of rotatable bonds is 4. The van der Waals surface area contributed by atoms with E-state index in [9.17, 15) is 4.79 Å². The van der Waals surface area contributed by atoms with Gasteiger partial charge in [0.25, 0.3) is 0 Å². The minimum atomic E-state index is -0.0519. The largest absolute Gasteiger partial charge is 0.495 e. The van der Waals surface area contributed by atoms with Gasteiger partial charge >= 0.3 is 0 Å². The first-order chi connectivity index (χ1) is 6.70. The van der Waals surface area contributed by atoms with Crippen molar-refractivity contribution in [3.8, 4) is 5.75 Å². The second kappa shape index (κ2) is 6.27. The van der Waals surface area contributed by atoms with Gasteiger partial charge in [0.05, 0.1) is 12.8 Å². The third-order valence-electron chi connectivity index (χ3n) is 1.96. The number of para-hydroxylation sites is 1. The molecule has 0 aliphatic carbocycles. The molecule has 1 aromatic rings. The first kappa shape index (κ1) is 13.7. The monoisotopic (exact) mass is 230 g/mol. The number of ether oxygens (including phenoxy) is 1. The van der Waals surface area contributed by atoms with Crippen LogP contribution < -0.4 is 16.2 Å². The third-order valence-corrected chi connectivity index (χ3v) is 1.96. The Morgan fingerprint density at radius 2 is 2.13 bits per heavy atom. The Bertz CT molecular complexity index is 342. The third kappa shape index (κ3) is 3.11.